The molecule has 5 atom stereocenters. The summed E-state index contributed by atoms with van der Waals surface area (Å²) < 4.78 is 6.23. The highest BCUT2D eigenvalue weighted by molar-refractivity contribution is 5.84. The van der Waals surface area contributed by atoms with E-state index in [0.29, 0.717) is 11.8 Å². The average molecular weight is 385 g/mol. The van der Waals surface area contributed by atoms with Gasteiger partial charge in [-0.15, -0.1) is 0 Å². The van der Waals surface area contributed by atoms with Gasteiger partial charge in [-0.2, -0.15) is 0 Å². The van der Waals surface area contributed by atoms with Crippen molar-refractivity contribution in [1.29, 1.82) is 0 Å². The number of rotatable bonds is 3. The number of carbonyl (C=O) groups is 1. The fourth-order valence-electron chi connectivity index (χ4n) is 5.90. The van der Waals surface area contributed by atoms with Gasteiger partial charge in [0.15, 0.2) is 0 Å². The van der Waals surface area contributed by atoms with Gasteiger partial charge in [0.2, 0.25) is 0 Å². The summed E-state index contributed by atoms with van der Waals surface area (Å²) >= 11 is 0. The minimum atomic E-state index is -0.700. The van der Waals surface area contributed by atoms with Gasteiger partial charge in [-0.1, -0.05) is 42.5 Å². The summed E-state index contributed by atoms with van der Waals surface area (Å²) in [6.45, 7) is 0.816. The van der Waals surface area contributed by atoms with Crippen LogP contribution in [-0.2, 0) is 4.79 Å². The lowest BCUT2D eigenvalue weighted by atomic mass is 9.72. The molecular formula is C25H23NO3. The molecule has 2 aromatic rings. The Labute approximate surface area is 170 Å². The monoisotopic (exact) mass is 385 g/mol. The maximum Gasteiger partial charge on any atom is 0.326 e. The molecule has 2 aliphatic heterocycles. The van der Waals surface area contributed by atoms with Gasteiger partial charge in [-0.3, -0.25) is 0 Å². The van der Waals surface area contributed by atoms with E-state index in [1.807, 2.05) is 30.3 Å². The number of hydrogen-bond donors (Lipinski definition) is 1. The van der Waals surface area contributed by atoms with Gasteiger partial charge in [-0.05, 0) is 54.2 Å². The number of aliphatic carboxylic acids is 1. The fraction of sp³-hybridized carbons (Fsp3) is 0.320. The molecule has 0 unspecified atom stereocenters. The summed E-state index contributed by atoms with van der Waals surface area (Å²) in [7, 11) is 0. The molecule has 4 aliphatic rings. The molecule has 146 valence electrons. The summed E-state index contributed by atoms with van der Waals surface area (Å²) in [6.07, 6.45) is 10.7. The van der Waals surface area contributed by atoms with Crippen molar-refractivity contribution in [3.8, 4) is 11.5 Å². The van der Waals surface area contributed by atoms with Crippen molar-refractivity contribution in [3.63, 3.8) is 0 Å². The van der Waals surface area contributed by atoms with Crippen LogP contribution in [0.5, 0.6) is 11.5 Å². The van der Waals surface area contributed by atoms with Gasteiger partial charge in [-0.25, -0.2) is 4.79 Å². The van der Waals surface area contributed by atoms with Crippen LogP contribution in [-0.4, -0.2) is 23.7 Å². The molecule has 2 aromatic carbocycles. The van der Waals surface area contributed by atoms with Crippen LogP contribution in [0.1, 0.15) is 35.8 Å². The van der Waals surface area contributed by atoms with E-state index in [4.69, 9.17) is 4.74 Å². The van der Waals surface area contributed by atoms with Gasteiger partial charge in [0.05, 0.1) is 0 Å². The largest absolute Gasteiger partial charge is 0.480 e. The summed E-state index contributed by atoms with van der Waals surface area (Å²) in [6, 6.07) is 13.7. The maximum atomic E-state index is 12.3. The molecule has 0 spiro atoms. The van der Waals surface area contributed by atoms with E-state index in [1.54, 1.807) is 0 Å². The lowest BCUT2D eigenvalue weighted by Gasteiger charge is -2.49. The van der Waals surface area contributed by atoms with Crippen LogP contribution in [0.3, 0.4) is 0 Å². The molecule has 4 heteroatoms. The molecule has 0 saturated heterocycles. The van der Waals surface area contributed by atoms with E-state index in [2.05, 4.69) is 41.3 Å². The van der Waals surface area contributed by atoms with Crippen LogP contribution in [0.25, 0.3) is 0 Å². The van der Waals surface area contributed by atoms with Gasteiger partial charge in [0.25, 0.3) is 0 Å². The highest BCUT2D eigenvalue weighted by Gasteiger charge is 2.50. The van der Waals surface area contributed by atoms with Crippen LogP contribution in [0.2, 0.25) is 0 Å². The summed E-state index contributed by atoms with van der Waals surface area (Å²) in [5, 5.41) is 10.1. The fourth-order valence-corrected chi connectivity index (χ4v) is 5.90. The third-order valence-corrected chi connectivity index (χ3v) is 7.06. The molecule has 0 bridgehead atoms. The van der Waals surface area contributed by atoms with E-state index in [-0.39, 0.29) is 11.8 Å². The van der Waals surface area contributed by atoms with Crippen LogP contribution in [0.4, 0.5) is 5.69 Å². The Kier molecular flexibility index (Phi) is 3.64. The van der Waals surface area contributed by atoms with Crippen molar-refractivity contribution in [2.75, 3.05) is 11.4 Å². The second-order valence-corrected chi connectivity index (χ2v) is 8.60. The summed E-state index contributed by atoms with van der Waals surface area (Å²) in [5.41, 5.74) is 3.59. The average Bonchev–Trinajstić information content (AvgIpc) is 3.38. The first-order chi connectivity index (χ1) is 14.2. The third-order valence-electron chi connectivity index (χ3n) is 7.06. The lowest BCUT2D eigenvalue weighted by molar-refractivity contribution is -0.140. The van der Waals surface area contributed by atoms with Crippen molar-refractivity contribution >= 4 is 11.7 Å². The smallest absolute Gasteiger partial charge is 0.326 e. The molecule has 29 heavy (non-hydrogen) atoms. The molecule has 0 aromatic heterocycles. The van der Waals surface area contributed by atoms with Gasteiger partial charge in [0, 0.05) is 30.0 Å². The van der Waals surface area contributed by atoms with Crippen LogP contribution in [0.15, 0.2) is 66.8 Å². The number of ether oxygens (including phenoxy) is 1. The van der Waals surface area contributed by atoms with Gasteiger partial charge >= 0.3 is 5.97 Å². The Balaban J connectivity index is 1.54. The van der Waals surface area contributed by atoms with E-state index < -0.39 is 12.0 Å². The highest BCUT2D eigenvalue weighted by Crippen LogP contribution is 2.56. The first kappa shape index (κ1) is 16.9. The number of hydrogen-bond acceptors (Lipinski definition) is 3. The molecule has 0 radical (unpaired) electrons. The van der Waals surface area contributed by atoms with Crippen LogP contribution < -0.4 is 9.64 Å². The number of fused-ring (bicyclic) bond motifs is 4. The predicted octanol–water partition coefficient (Wildman–Crippen LogP) is 5.09. The Morgan fingerprint density at radius 2 is 1.69 bits per heavy atom. The molecule has 0 saturated carbocycles. The zero-order chi connectivity index (χ0) is 19.5. The Bertz CT molecular complexity index is 1020. The third kappa shape index (κ3) is 2.48. The van der Waals surface area contributed by atoms with E-state index in [0.717, 1.165) is 36.6 Å². The number of benzene rings is 2. The maximum absolute atomic E-state index is 12.3. The first-order valence-corrected chi connectivity index (χ1v) is 10.4. The number of nitrogens with zero attached hydrogens (tertiary/aromatic N) is 1. The van der Waals surface area contributed by atoms with E-state index in [1.165, 1.54) is 11.1 Å². The minimum Gasteiger partial charge on any atom is -0.480 e. The highest BCUT2D eigenvalue weighted by atomic mass is 16.5. The number of anilines is 1. The molecule has 0 amide bonds. The normalized spacial score (nSPS) is 30.6. The molecule has 6 rings (SSSR count). The second kappa shape index (κ2) is 6.24. The van der Waals surface area contributed by atoms with Crippen molar-refractivity contribution in [1.82, 2.24) is 0 Å². The van der Waals surface area contributed by atoms with E-state index >= 15 is 0 Å². The lowest BCUT2D eigenvalue weighted by Crippen LogP contribution is -2.54. The van der Waals surface area contributed by atoms with Crippen molar-refractivity contribution < 1.29 is 14.6 Å². The van der Waals surface area contributed by atoms with Gasteiger partial charge < -0.3 is 14.7 Å². The molecular weight excluding hydrogens is 362 g/mol. The summed E-state index contributed by atoms with van der Waals surface area (Å²) in [5.74, 6) is 1.98. The van der Waals surface area contributed by atoms with Crippen LogP contribution >= 0.6 is 0 Å². The van der Waals surface area contributed by atoms with Crippen molar-refractivity contribution in [2.24, 2.45) is 11.8 Å². The molecule has 2 heterocycles. The summed E-state index contributed by atoms with van der Waals surface area (Å²) in [4.78, 5) is 14.5. The minimum absolute atomic E-state index is 0.0886. The predicted molar refractivity (Wildman–Crippen MR) is 112 cm³/mol. The quantitative estimate of drug-likeness (QED) is 0.748. The topological polar surface area (TPSA) is 49.8 Å². The molecule has 0 fully saturated rings. The molecule has 4 nitrogen and oxygen atoms in total. The SMILES string of the molecule is O=C(O)[C@H]1[C@H]2CC=C[C@H]2c2cc(Oc3ccccc3)cc3c2N1C[C@H]1CC=C[C@H]31. The van der Waals surface area contributed by atoms with E-state index in [9.17, 15) is 9.90 Å². The zero-order valence-electron chi connectivity index (χ0n) is 16.1. The Morgan fingerprint density at radius 1 is 0.966 bits per heavy atom. The standard InChI is InChI=1S/C25H23NO3/c27-25(28)24-20-11-5-10-19(20)22-13-17(29-16-7-2-1-3-8-16)12-21-18-9-4-6-15(18)14-26(24)23(21)22/h1-5,7-10,12-13,15,18-20,24H,6,11,14H2,(H,27,28)/t15-,18+,19-,20+,24-/m1/s1. The number of carboxylic acid groups (broad SMARTS) is 1. The second-order valence-electron chi connectivity index (χ2n) is 8.60. The van der Waals surface area contributed by atoms with Gasteiger partial charge in [0.1, 0.15) is 17.5 Å². The van der Waals surface area contributed by atoms with Crippen LogP contribution in [0, 0.1) is 11.8 Å². The number of para-hydroxylation sites is 1. The van der Waals surface area contributed by atoms with Crippen molar-refractivity contribution in [2.45, 2.75) is 30.7 Å². The number of carboxylic acids is 1. The van der Waals surface area contributed by atoms with Crippen molar-refractivity contribution in [3.05, 3.63) is 77.9 Å². The Morgan fingerprint density at radius 3 is 2.48 bits per heavy atom. The molecule has 2 aliphatic carbocycles. The Hall–Kier alpha value is -3.01. The first-order valence-electron chi connectivity index (χ1n) is 10.4. The molecule has 1 N–H and O–H groups in total. The number of allylic oxidation sites excluding steroid dienone is 4. The zero-order valence-corrected chi connectivity index (χ0v) is 16.1.